The molecule has 0 saturated heterocycles. The normalized spacial score (nSPS) is 10.5. The highest BCUT2D eigenvalue weighted by molar-refractivity contribution is 7.99. The van der Waals surface area contributed by atoms with Gasteiger partial charge >= 0.3 is 0 Å². The van der Waals surface area contributed by atoms with E-state index >= 15 is 0 Å². The Morgan fingerprint density at radius 1 is 1.29 bits per heavy atom. The number of hydrogen-bond donors (Lipinski definition) is 2. The lowest BCUT2D eigenvalue weighted by atomic mass is 10.2. The van der Waals surface area contributed by atoms with Crippen LogP contribution in [0.15, 0.2) is 59.9 Å². The molecule has 0 saturated carbocycles. The van der Waals surface area contributed by atoms with Gasteiger partial charge in [-0.25, -0.2) is 4.98 Å². The molecule has 0 bridgehead atoms. The SMILES string of the molecule is CCOc1ccc(NC(=O)CSc2ncc(-c3ccccc3)[nH]2)c([N+](=O)[O-])c1. The van der Waals surface area contributed by atoms with Crippen LogP contribution in [0.3, 0.4) is 0 Å². The predicted molar refractivity (Wildman–Crippen MR) is 108 cm³/mol. The molecule has 2 N–H and O–H groups in total. The van der Waals surface area contributed by atoms with Crippen LogP contribution in [0.5, 0.6) is 5.75 Å². The Labute approximate surface area is 165 Å². The fraction of sp³-hybridized carbons (Fsp3) is 0.158. The maximum Gasteiger partial charge on any atom is 0.296 e. The summed E-state index contributed by atoms with van der Waals surface area (Å²) in [6.07, 6.45) is 1.70. The third kappa shape index (κ3) is 4.89. The molecule has 9 heteroatoms. The van der Waals surface area contributed by atoms with E-state index in [1.165, 1.54) is 23.9 Å². The van der Waals surface area contributed by atoms with Gasteiger partial charge in [0.2, 0.25) is 5.91 Å². The van der Waals surface area contributed by atoms with Crippen LogP contribution in [0.25, 0.3) is 11.3 Å². The third-order valence-electron chi connectivity index (χ3n) is 3.73. The Kier molecular flexibility index (Phi) is 6.28. The molecular weight excluding hydrogens is 380 g/mol. The summed E-state index contributed by atoms with van der Waals surface area (Å²) < 4.78 is 5.27. The zero-order valence-electron chi connectivity index (χ0n) is 15.0. The predicted octanol–water partition coefficient (Wildman–Crippen LogP) is 4.11. The molecule has 0 aliphatic heterocycles. The number of nitro benzene ring substituents is 1. The van der Waals surface area contributed by atoms with Crippen molar-refractivity contribution >= 4 is 29.0 Å². The Bertz CT molecular complexity index is 975. The minimum Gasteiger partial charge on any atom is -0.494 e. The van der Waals surface area contributed by atoms with Crippen LogP contribution >= 0.6 is 11.8 Å². The molecule has 1 aromatic heterocycles. The first-order chi connectivity index (χ1) is 13.6. The van der Waals surface area contributed by atoms with Crippen LogP contribution in [0.2, 0.25) is 0 Å². The lowest BCUT2D eigenvalue weighted by molar-refractivity contribution is -0.384. The van der Waals surface area contributed by atoms with Gasteiger partial charge in [0, 0.05) is 0 Å². The number of thioether (sulfide) groups is 1. The number of carbonyl (C=O) groups is 1. The number of carbonyl (C=O) groups excluding carboxylic acids is 1. The highest BCUT2D eigenvalue weighted by atomic mass is 32.2. The Balaban J connectivity index is 1.62. The monoisotopic (exact) mass is 398 g/mol. The van der Waals surface area contributed by atoms with Gasteiger partial charge in [-0.2, -0.15) is 0 Å². The number of aromatic nitrogens is 2. The van der Waals surface area contributed by atoms with Crippen molar-refractivity contribution in [3.05, 3.63) is 64.8 Å². The van der Waals surface area contributed by atoms with E-state index in [1.807, 2.05) is 30.3 Å². The van der Waals surface area contributed by atoms with E-state index in [0.29, 0.717) is 17.5 Å². The highest BCUT2D eigenvalue weighted by Crippen LogP contribution is 2.29. The number of nitro groups is 1. The number of anilines is 1. The number of rotatable bonds is 8. The topological polar surface area (TPSA) is 110 Å². The molecule has 1 heterocycles. The second-order valence-corrected chi connectivity index (χ2v) is 6.64. The van der Waals surface area contributed by atoms with Crippen LogP contribution in [0.4, 0.5) is 11.4 Å². The first-order valence-corrected chi connectivity index (χ1v) is 9.49. The van der Waals surface area contributed by atoms with Gasteiger partial charge in [0.15, 0.2) is 5.16 Å². The summed E-state index contributed by atoms with van der Waals surface area (Å²) in [5.41, 5.74) is 1.76. The van der Waals surface area contributed by atoms with Gasteiger partial charge < -0.3 is 15.0 Å². The molecule has 3 aromatic rings. The molecule has 3 rings (SSSR count). The van der Waals surface area contributed by atoms with Crippen molar-refractivity contribution in [2.75, 3.05) is 17.7 Å². The Morgan fingerprint density at radius 3 is 2.79 bits per heavy atom. The summed E-state index contributed by atoms with van der Waals surface area (Å²) >= 11 is 1.22. The van der Waals surface area contributed by atoms with Gasteiger partial charge in [-0.1, -0.05) is 42.1 Å². The van der Waals surface area contributed by atoms with Crippen molar-refractivity contribution in [3.63, 3.8) is 0 Å². The van der Waals surface area contributed by atoms with E-state index in [1.54, 1.807) is 19.2 Å². The van der Waals surface area contributed by atoms with E-state index in [0.717, 1.165) is 11.3 Å². The number of ether oxygens (including phenoxy) is 1. The van der Waals surface area contributed by atoms with Crippen molar-refractivity contribution in [2.45, 2.75) is 12.1 Å². The zero-order chi connectivity index (χ0) is 19.9. The molecule has 144 valence electrons. The number of imidazole rings is 1. The van der Waals surface area contributed by atoms with Gasteiger partial charge in [0.05, 0.1) is 35.2 Å². The first kappa shape index (κ1) is 19.4. The number of amides is 1. The summed E-state index contributed by atoms with van der Waals surface area (Å²) in [6.45, 7) is 2.18. The van der Waals surface area contributed by atoms with E-state index in [9.17, 15) is 14.9 Å². The molecular formula is C19H18N4O4S. The molecule has 1 amide bonds. The highest BCUT2D eigenvalue weighted by Gasteiger charge is 2.17. The smallest absolute Gasteiger partial charge is 0.296 e. The van der Waals surface area contributed by atoms with Crippen molar-refractivity contribution in [3.8, 4) is 17.0 Å². The molecule has 0 unspecified atom stereocenters. The molecule has 0 aliphatic carbocycles. The first-order valence-electron chi connectivity index (χ1n) is 8.51. The quantitative estimate of drug-likeness (QED) is 0.336. The van der Waals surface area contributed by atoms with Gasteiger partial charge in [-0.05, 0) is 24.6 Å². The molecule has 0 radical (unpaired) electrons. The molecule has 28 heavy (non-hydrogen) atoms. The second kappa shape index (κ2) is 9.05. The van der Waals surface area contributed by atoms with Crippen molar-refractivity contribution in [1.82, 2.24) is 9.97 Å². The number of nitrogens with zero attached hydrogens (tertiary/aromatic N) is 2. The van der Waals surface area contributed by atoms with Crippen LogP contribution in [-0.4, -0.2) is 33.2 Å². The molecule has 8 nitrogen and oxygen atoms in total. The summed E-state index contributed by atoms with van der Waals surface area (Å²) in [6, 6.07) is 14.1. The zero-order valence-corrected chi connectivity index (χ0v) is 15.9. The van der Waals surface area contributed by atoms with Crippen LogP contribution in [-0.2, 0) is 4.79 Å². The van der Waals surface area contributed by atoms with E-state index < -0.39 is 4.92 Å². The lowest BCUT2D eigenvalue weighted by Crippen LogP contribution is -2.15. The minimum absolute atomic E-state index is 0.0616. The number of hydrogen-bond acceptors (Lipinski definition) is 6. The third-order valence-corrected chi connectivity index (χ3v) is 4.62. The van der Waals surface area contributed by atoms with E-state index in [4.69, 9.17) is 4.74 Å². The lowest BCUT2D eigenvalue weighted by Gasteiger charge is -2.08. The van der Waals surface area contributed by atoms with Crippen molar-refractivity contribution in [2.24, 2.45) is 0 Å². The van der Waals surface area contributed by atoms with E-state index in [-0.39, 0.29) is 23.0 Å². The molecule has 0 aliphatic rings. The summed E-state index contributed by atoms with van der Waals surface area (Å²) in [4.78, 5) is 30.3. The van der Waals surface area contributed by atoms with Gasteiger partial charge in [0.25, 0.3) is 5.69 Å². The fourth-order valence-electron chi connectivity index (χ4n) is 2.49. The van der Waals surface area contributed by atoms with Crippen LogP contribution in [0.1, 0.15) is 6.92 Å². The summed E-state index contributed by atoms with van der Waals surface area (Å²) in [5, 5.41) is 14.4. The average Bonchev–Trinajstić information content (AvgIpc) is 3.17. The number of nitrogens with one attached hydrogen (secondary N) is 2. The second-order valence-electron chi connectivity index (χ2n) is 5.67. The number of H-pyrrole nitrogens is 1. The van der Waals surface area contributed by atoms with Crippen molar-refractivity contribution in [1.29, 1.82) is 0 Å². The summed E-state index contributed by atoms with van der Waals surface area (Å²) in [7, 11) is 0. The van der Waals surface area contributed by atoms with Gasteiger partial charge in [-0.3, -0.25) is 14.9 Å². The molecule has 2 aromatic carbocycles. The number of aromatic amines is 1. The fourth-order valence-corrected chi connectivity index (χ4v) is 3.13. The molecule has 0 fully saturated rings. The maximum atomic E-state index is 12.2. The van der Waals surface area contributed by atoms with E-state index in [2.05, 4.69) is 15.3 Å². The largest absolute Gasteiger partial charge is 0.494 e. The maximum absolute atomic E-state index is 12.2. The van der Waals surface area contributed by atoms with Crippen molar-refractivity contribution < 1.29 is 14.5 Å². The van der Waals surface area contributed by atoms with Crippen LogP contribution in [0, 0.1) is 10.1 Å². The number of benzene rings is 2. The van der Waals surface area contributed by atoms with Crippen LogP contribution < -0.4 is 10.1 Å². The minimum atomic E-state index is -0.552. The Hall–Kier alpha value is -3.33. The Morgan fingerprint density at radius 2 is 2.07 bits per heavy atom. The average molecular weight is 398 g/mol. The van der Waals surface area contributed by atoms with Gasteiger partial charge in [-0.15, -0.1) is 0 Å². The molecule has 0 spiro atoms. The summed E-state index contributed by atoms with van der Waals surface area (Å²) in [5.74, 6) is 0.0760. The molecule has 0 atom stereocenters. The standard InChI is InChI=1S/C19H18N4O4S/c1-2-27-14-8-9-15(17(10-14)23(25)26)21-18(24)12-28-19-20-11-16(22-19)13-6-4-3-5-7-13/h3-11H,2,12H2,1H3,(H,20,22)(H,21,24). The van der Waals surface area contributed by atoms with Gasteiger partial charge in [0.1, 0.15) is 11.4 Å².